The van der Waals surface area contributed by atoms with E-state index in [0.29, 0.717) is 10.1 Å². The van der Waals surface area contributed by atoms with E-state index in [2.05, 4.69) is 20.2 Å². The van der Waals surface area contributed by atoms with Crippen molar-refractivity contribution in [3.05, 3.63) is 114 Å². The number of anilines is 1. The third-order valence-corrected chi connectivity index (χ3v) is 6.33. The molecule has 3 heterocycles. The van der Waals surface area contributed by atoms with Crippen molar-refractivity contribution in [2.24, 2.45) is 0 Å². The predicted octanol–water partition coefficient (Wildman–Crippen LogP) is 5.14. The van der Waals surface area contributed by atoms with Gasteiger partial charge in [0.2, 0.25) is 5.91 Å². The predicted molar refractivity (Wildman–Crippen MR) is 138 cm³/mol. The maximum absolute atomic E-state index is 13.0. The van der Waals surface area contributed by atoms with Crippen LogP contribution < -0.4 is 10.6 Å². The fourth-order valence-electron chi connectivity index (χ4n) is 4.27. The number of hydrogen-bond donors (Lipinski definition) is 2. The maximum atomic E-state index is 13.0. The summed E-state index contributed by atoms with van der Waals surface area (Å²) in [5, 5.41) is 7.50. The SMILES string of the molecule is O=C(CN1C(=S)NC(c2ccccn2)C1c1cccn1-c1cccc(Cl)c1)Nc1ccccc1. The zero-order valence-corrected chi connectivity index (χ0v) is 19.7. The average molecular weight is 488 g/mol. The molecule has 2 atom stereocenters. The molecule has 2 unspecified atom stereocenters. The molecule has 1 aliphatic rings. The van der Waals surface area contributed by atoms with E-state index in [4.69, 9.17) is 23.8 Å². The van der Waals surface area contributed by atoms with Crippen LogP contribution in [0.25, 0.3) is 5.69 Å². The number of para-hydroxylation sites is 1. The molecule has 0 bridgehead atoms. The minimum atomic E-state index is -0.266. The summed E-state index contributed by atoms with van der Waals surface area (Å²) >= 11 is 12.0. The molecule has 1 amide bonds. The summed E-state index contributed by atoms with van der Waals surface area (Å²) in [6, 6.07) is 26.4. The number of pyridine rings is 1. The molecule has 5 rings (SSSR count). The summed E-state index contributed by atoms with van der Waals surface area (Å²) < 4.78 is 2.07. The Bertz CT molecular complexity index is 1310. The first-order valence-corrected chi connectivity index (χ1v) is 11.6. The van der Waals surface area contributed by atoms with Crippen molar-refractivity contribution >= 4 is 40.5 Å². The number of amides is 1. The van der Waals surface area contributed by atoms with E-state index < -0.39 is 0 Å². The monoisotopic (exact) mass is 487 g/mol. The summed E-state index contributed by atoms with van der Waals surface area (Å²) in [4.78, 5) is 19.5. The van der Waals surface area contributed by atoms with Gasteiger partial charge in [-0.3, -0.25) is 9.78 Å². The number of nitrogens with one attached hydrogen (secondary N) is 2. The number of thiocarbonyl (C=S) groups is 1. The number of rotatable bonds is 6. The molecule has 2 aromatic carbocycles. The van der Waals surface area contributed by atoms with Crippen LogP contribution in [0.1, 0.15) is 23.5 Å². The Kier molecular flexibility index (Phi) is 6.29. The molecular weight excluding hydrogens is 466 g/mol. The molecule has 34 heavy (non-hydrogen) atoms. The van der Waals surface area contributed by atoms with E-state index in [0.717, 1.165) is 22.8 Å². The lowest BCUT2D eigenvalue weighted by atomic mass is 10.0. The van der Waals surface area contributed by atoms with Gasteiger partial charge in [-0.15, -0.1) is 0 Å². The molecule has 4 aromatic rings. The number of carbonyl (C=O) groups excluding carboxylic acids is 1. The lowest BCUT2D eigenvalue weighted by molar-refractivity contribution is -0.116. The standard InChI is InChI=1S/C26H22ClN5OS/c27-18-8-6-11-20(16-18)31-15-7-13-22(31)25-24(21-12-4-5-14-28-21)30-26(34)32(25)17-23(33)29-19-9-2-1-3-10-19/h1-16,24-25H,17H2,(H,29,33)(H,30,34). The Balaban J connectivity index is 1.52. The van der Waals surface area contributed by atoms with Crippen molar-refractivity contribution < 1.29 is 4.79 Å². The second-order valence-corrected chi connectivity index (χ2v) is 8.77. The second-order valence-electron chi connectivity index (χ2n) is 7.95. The van der Waals surface area contributed by atoms with Crippen LogP contribution in [0.15, 0.2) is 97.3 Å². The van der Waals surface area contributed by atoms with Crippen LogP contribution in [-0.2, 0) is 4.79 Å². The maximum Gasteiger partial charge on any atom is 0.244 e. The molecule has 8 heteroatoms. The molecule has 1 aliphatic heterocycles. The first kappa shape index (κ1) is 22.1. The third-order valence-electron chi connectivity index (χ3n) is 5.74. The second kappa shape index (κ2) is 9.67. The highest BCUT2D eigenvalue weighted by atomic mass is 35.5. The number of benzene rings is 2. The van der Waals surface area contributed by atoms with Crippen LogP contribution in [-0.4, -0.2) is 32.0 Å². The smallest absolute Gasteiger partial charge is 0.244 e. The van der Waals surface area contributed by atoms with Gasteiger partial charge >= 0.3 is 0 Å². The van der Waals surface area contributed by atoms with E-state index in [1.54, 1.807) is 6.20 Å². The largest absolute Gasteiger partial charge is 0.352 e. The van der Waals surface area contributed by atoms with Crippen molar-refractivity contribution in [3.8, 4) is 5.69 Å². The quantitative estimate of drug-likeness (QED) is 0.369. The summed E-state index contributed by atoms with van der Waals surface area (Å²) in [5.74, 6) is -0.150. The fraction of sp³-hybridized carbons (Fsp3) is 0.115. The van der Waals surface area contributed by atoms with Gasteiger partial charge in [0.1, 0.15) is 6.54 Å². The van der Waals surface area contributed by atoms with Gasteiger partial charge in [-0.2, -0.15) is 0 Å². The van der Waals surface area contributed by atoms with Crippen LogP contribution >= 0.6 is 23.8 Å². The summed E-state index contributed by atoms with van der Waals surface area (Å²) in [7, 11) is 0. The zero-order chi connectivity index (χ0) is 23.5. The number of nitrogens with zero attached hydrogens (tertiary/aromatic N) is 3. The van der Waals surface area contributed by atoms with E-state index in [1.165, 1.54) is 0 Å². The van der Waals surface area contributed by atoms with E-state index >= 15 is 0 Å². The summed E-state index contributed by atoms with van der Waals surface area (Å²) in [5.41, 5.74) is 3.49. The summed E-state index contributed by atoms with van der Waals surface area (Å²) in [6.45, 7) is 0.0927. The van der Waals surface area contributed by atoms with Gasteiger partial charge < -0.3 is 20.1 Å². The number of carbonyl (C=O) groups is 1. The minimum Gasteiger partial charge on any atom is -0.352 e. The minimum absolute atomic E-state index is 0.0927. The van der Waals surface area contributed by atoms with Gasteiger partial charge in [-0.05, 0) is 66.8 Å². The molecule has 1 fully saturated rings. The highest BCUT2D eigenvalue weighted by Gasteiger charge is 2.42. The van der Waals surface area contributed by atoms with Crippen LogP contribution in [0, 0.1) is 0 Å². The first-order valence-electron chi connectivity index (χ1n) is 10.9. The van der Waals surface area contributed by atoms with Crippen molar-refractivity contribution in [2.75, 3.05) is 11.9 Å². The number of aromatic nitrogens is 2. The Labute approximate surface area is 208 Å². The third kappa shape index (κ3) is 4.53. The average Bonchev–Trinajstić information content (AvgIpc) is 3.45. The van der Waals surface area contributed by atoms with Crippen LogP contribution in [0.2, 0.25) is 5.02 Å². The topological polar surface area (TPSA) is 62.2 Å². The number of halogens is 1. The van der Waals surface area contributed by atoms with Crippen LogP contribution in [0.5, 0.6) is 0 Å². The molecule has 2 N–H and O–H groups in total. The molecule has 170 valence electrons. The molecule has 0 aliphatic carbocycles. The van der Waals surface area contributed by atoms with Crippen molar-refractivity contribution in [1.29, 1.82) is 0 Å². The Morgan fingerprint density at radius 2 is 1.85 bits per heavy atom. The zero-order valence-electron chi connectivity index (χ0n) is 18.1. The fourth-order valence-corrected chi connectivity index (χ4v) is 4.76. The summed E-state index contributed by atoms with van der Waals surface area (Å²) in [6.07, 6.45) is 3.75. The molecule has 2 aromatic heterocycles. The van der Waals surface area contributed by atoms with Gasteiger partial charge in [-0.25, -0.2) is 0 Å². The molecule has 1 saturated heterocycles. The highest BCUT2D eigenvalue weighted by Crippen LogP contribution is 2.39. The Morgan fingerprint density at radius 3 is 2.62 bits per heavy atom. The van der Waals surface area contributed by atoms with Gasteiger partial charge in [0.25, 0.3) is 0 Å². The normalized spacial score (nSPS) is 17.4. The lowest BCUT2D eigenvalue weighted by Crippen LogP contribution is -2.37. The molecular formula is C26H22ClN5OS. The van der Waals surface area contributed by atoms with Crippen molar-refractivity contribution in [1.82, 2.24) is 19.8 Å². The Hall–Kier alpha value is -3.68. The van der Waals surface area contributed by atoms with Gasteiger partial charge in [0.05, 0.1) is 17.8 Å². The Morgan fingerprint density at radius 1 is 1.03 bits per heavy atom. The van der Waals surface area contributed by atoms with E-state index in [1.807, 2.05) is 96.0 Å². The van der Waals surface area contributed by atoms with E-state index in [-0.39, 0.29) is 24.5 Å². The van der Waals surface area contributed by atoms with Crippen molar-refractivity contribution in [3.63, 3.8) is 0 Å². The molecule has 0 radical (unpaired) electrons. The van der Waals surface area contributed by atoms with Crippen molar-refractivity contribution in [2.45, 2.75) is 12.1 Å². The number of hydrogen-bond acceptors (Lipinski definition) is 3. The van der Waals surface area contributed by atoms with E-state index in [9.17, 15) is 4.79 Å². The van der Waals surface area contributed by atoms with Crippen LogP contribution in [0.3, 0.4) is 0 Å². The van der Waals surface area contributed by atoms with Gasteiger partial charge in [0.15, 0.2) is 5.11 Å². The first-order chi connectivity index (χ1) is 16.6. The highest BCUT2D eigenvalue weighted by molar-refractivity contribution is 7.80. The molecule has 6 nitrogen and oxygen atoms in total. The molecule has 0 saturated carbocycles. The molecule has 0 spiro atoms. The van der Waals surface area contributed by atoms with Crippen LogP contribution in [0.4, 0.5) is 5.69 Å². The van der Waals surface area contributed by atoms with Gasteiger partial charge in [-0.1, -0.05) is 41.9 Å². The lowest BCUT2D eigenvalue weighted by Gasteiger charge is -2.28. The van der Waals surface area contributed by atoms with Gasteiger partial charge in [0, 0.05) is 34.5 Å².